The average Bonchev–Trinajstić information content (AvgIpc) is 2.32. The van der Waals surface area contributed by atoms with Gasteiger partial charge >= 0.3 is 5.97 Å². The highest BCUT2D eigenvalue weighted by atomic mass is 35.5. The predicted molar refractivity (Wildman–Crippen MR) is 76.0 cm³/mol. The second-order valence-electron chi connectivity index (χ2n) is 3.84. The third kappa shape index (κ3) is 3.18. The molecule has 0 aliphatic carbocycles. The molecule has 3 nitrogen and oxygen atoms in total. The maximum atomic E-state index is 10.8. The number of nitrogens with zero attached hydrogens (tertiary/aromatic N) is 1. The number of hydrogen-bond acceptors (Lipinski definition) is 2. The molecule has 6 heteroatoms. The topological polar surface area (TPSA) is 50.2 Å². The Hall–Kier alpha value is -1.29. The van der Waals surface area contributed by atoms with E-state index in [-0.39, 0.29) is 11.6 Å². The molecule has 0 aliphatic rings. The molecule has 1 N–H and O–H groups in total. The number of carbonyl (C=O) groups is 1. The molecule has 2 aromatic rings. The normalized spacial score (nSPS) is 10.5. The first kappa shape index (κ1) is 14.1. The number of carboxylic acid groups (broad SMARTS) is 1. The third-order valence-electron chi connectivity index (χ3n) is 2.50. The molecule has 0 saturated heterocycles. The number of hydrogen-bond donors (Lipinski definition) is 1. The molecule has 19 heavy (non-hydrogen) atoms. The summed E-state index contributed by atoms with van der Waals surface area (Å²) in [6, 6.07) is 6.77. The Morgan fingerprint density at radius 2 is 1.84 bits per heavy atom. The molecule has 1 aromatic carbocycles. The number of carboxylic acids is 1. The lowest BCUT2D eigenvalue weighted by Crippen LogP contribution is -2.02. The van der Waals surface area contributed by atoms with Crippen molar-refractivity contribution in [3.05, 3.63) is 51.2 Å². The molecule has 0 saturated carbocycles. The predicted octanol–water partition coefficient (Wildman–Crippen LogP) is 4.34. The average molecular weight is 317 g/mol. The van der Waals surface area contributed by atoms with Crippen LogP contribution in [0.4, 0.5) is 0 Å². The highest BCUT2D eigenvalue weighted by Crippen LogP contribution is 2.35. The van der Waals surface area contributed by atoms with Crippen LogP contribution in [0, 0.1) is 0 Å². The fraction of sp³-hybridized carbons (Fsp3) is 0.0769. The van der Waals surface area contributed by atoms with E-state index in [0.717, 1.165) is 0 Å². The summed E-state index contributed by atoms with van der Waals surface area (Å²) >= 11 is 18.1. The number of halogens is 3. The maximum absolute atomic E-state index is 10.8. The van der Waals surface area contributed by atoms with Gasteiger partial charge in [0.15, 0.2) is 0 Å². The van der Waals surface area contributed by atoms with E-state index < -0.39 is 5.97 Å². The molecule has 0 spiro atoms. The van der Waals surface area contributed by atoms with Crippen molar-refractivity contribution in [2.75, 3.05) is 0 Å². The van der Waals surface area contributed by atoms with Gasteiger partial charge in [0.1, 0.15) is 5.15 Å². The standard InChI is InChI=1S/C13H8Cl3NO2/c14-9-2-1-3-10(15)12(9)8-4-7(5-11(18)19)13(16)17-6-8/h1-4,6H,5H2,(H,18,19). The minimum Gasteiger partial charge on any atom is -0.481 e. The van der Waals surface area contributed by atoms with Crippen molar-refractivity contribution in [1.29, 1.82) is 0 Å². The maximum Gasteiger partial charge on any atom is 0.307 e. The Kier molecular flexibility index (Phi) is 4.30. The summed E-state index contributed by atoms with van der Waals surface area (Å²) in [7, 11) is 0. The van der Waals surface area contributed by atoms with Crippen LogP contribution >= 0.6 is 34.8 Å². The van der Waals surface area contributed by atoms with Crippen LogP contribution in [0.15, 0.2) is 30.5 Å². The van der Waals surface area contributed by atoms with Crippen LogP contribution in [0.3, 0.4) is 0 Å². The zero-order chi connectivity index (χ0) is 14.0. The number of aromatic nitrogens is 1. The molecule has 0 fully saturated rings. The summed E-state index contributed by atoms with van der Waals surface area (Å²) in [4.78, 5) is 14.7. The summed E-state index contributed by atoms with van der Waals surface area (Å²) in [5.74, 6) is -0.980. The lowest BCUT2D eigenvalue weighted by molar-refractivity contribution is -0.136. The minimum atomic E-state index is -0.980. The molecule has 0 amide bonds. The van der Waals surface area contributed by atoms with Gasteiger partial charge in [-0.3, -0.25) is 4.79 Å². The van der Waals surface area contributed by atoms with Gasteiger partial charge in [-0.1, -0.05) is 40.9 Å². The van der Waals surface area contributed by atoms with Crippen molar-refractivity contribution < 1.29 is 9.90 Å². The highest BCUT2D eigenvalue weighted by Gasteiger charge is 2.13. The summed E-state index contributed by atoms with van der Waals surface area (Å²) in [5, 5.41) is 9.93. The monoisotopic (exact) mass is 315 g/mol. The number of aliphatic carboxylic acids is 1. The van der Waals surface area contributed by atoms with Crippen molar-refractivity contribution in [3.8, 4) is 11.1 Å². The first-order valence-electron chi connectivity index (χ1n) is 5.29. The van der Waals surface area contributed by atoms with E-state index in [9.17, 15) is 4.79 Å². The first-order valence-corrected chi connectivity index (χ1v) is 6.43. The third-order valence-corrected chi connectivity index (χ3v) is 3.48. The van der Waals surface area contributed by atoms with Gasteiger partial charge < -0.3 is 5.11 Å². The van der Waals surface area contributed by atoms with Gasteiger partial charge in [-0.25, -0.2) is 4.98 Å². The van der Waals surface area contributed by atoms with Crippen LogP contribution in [-0.2, 0) is 11.2 Å². The van der Waals surface area contributed by atoms with Crippen molar-refractivity contribution in [2.24, 2.45) is 0 Å². The molecule has 1 aromatic heterocycles. The van der Waals surface area contributed by atoms with Crippen LogP contribution in [0.2, 0.25) is 15.2 Å². The molecule has 0 aliphatic heterocycles. The van der Waals surface area contributed by atoms with Gasteiger partial charge in [0, 0.05) is 32.9 Å². The van der Waals surface area contributed by atoms with E-state index in [2.05, 4.69) is 4.98 Å². The largest absolute Gasteiger partial charge is 0.481 e. The Morgan fingerprint density at radius 1 is 1.21 bits per heavy atom. The Balaban J connectivity index is 2.54. The summed E-state index contributed by atoms with van der Waals surface area (Å²) < 4.78 is 0. The van der Waals surface area contributed by atoms with Crippen molar-refractivity contribution >= 4 is 40.8 Å². The summed E-state index contributed by atoms with van der Waals surface area (Å²) in [5.41, 5.74) is 1.67. The molecule has 2 rings (SSSR count). The van der Waals surface area contributed by atoms with E-state index >= 15 is 0 Å². The smallest absolute Gasteiger partial charge is 0.307 e. The van der Waals surface area contributed by atoms with Gasteiger partial charge in [0.25, 0.3) is 0 Å². The van der Waals surface area contributed by atoms with E-state index in [1.807, 2.05) is 0 Å². The molecular formula is C13H8Cl3NO2. The van der Waals surface area contributed by atoms with Crippen LogP contribution in [0.25, 0.3) is 11.1 Å². The summed E-state index contributed by atoms with van der Waals surface area (Å²) in [6.45, 7) is 0. The minimum absolute atomic E-state index is 0.161. The van der Waals surface area contributed by atoms with Crippen molar-refractivity contribution in [1.82, 2.24) is 4.98 Å². The second-order valence-corrected chi connectivity index (χ2v) is 5.01. The van der Waals surface area contributed by atoms with Gasteiger partial charge in [-0.2, -0.15) is 0 Å². The van der Waals surface area contributed by atoms with Crippen molar-refractivity contribution in [3.63, 3.8) is 0 Å². The molecule has 98 valence electrons. The zero-order valence-electron chi connectivity index (χ0n) is 9.53. The van der Waals surface area contributed by atoms with Crippen molar-refractivity contribution in [2.45, 2.75) is 6.42 Å². The van der Waals surface area contributed by atoms with Gasteiger partial charge in [-0.15, -0.1) is 0 Å². The highest BCUT2D eigenvalue weighted by molar-refractivity contribution is 6.39. The van der Waals surface area contributed by atoms with E-state index in [0.29, 0.717) is 26.7 Å². The van der Waals surface area contributed by atoms with E-state index in [1.165, 1.54) is 6.20 Å². The van der Waals surface area contributed by atoms with Gasteiger partial charge in [0.05, 0.1) is 6.42 Å². The lowest BCUT2D eigenvalue weighted by atomic mass is 10.0. The number of rotatable bonds is 3. The summed E-state index contributed by atoms with van der Waals surface area (Å²) in [6.07, 6.45) is 1.31. The fourth-order valence-corrected chi connectivity index (χ4v) is 2.48. The molecule has 0 radical (unpaired) electrons. The quantitative estimate of drug-likeness (QED) is 0.857. The first-order chi connectivity index (χ1) is 8.99. The SMILES string of the molecule is O=C(O)Cc1cc(-c2c(Cl)cccc2Cl)cnc1Cl. The second kappa shape index (κ2) is 5.78. The van der Waals surface area contributed by atoms with Crippen LogP contribution in [-0.4, -0.2) is 16.1 Å². The molecule has 1 heterocycles. The number of benzene rings is 1. The lowest BCUT2D eigenvalue weighted by Gasteiger charge is -2.09. The van der Waals surface area contributed by atoms with Crippen LogP contribution in [0.1, 0.15) is 5.56 Å². The van der Waals surface area contributed by atoms with Crippen LogP contribution < -0.4 is 0 Å². The number of pyridine rings is 1. The zero-order valence-corrected chi connectivity index (χ0v) is 11.8. The van der Waals surface area contributed by atoms with E-state index in [1.54, 1.807) is 24.3 Å². The molecule has 0 unspecified atom stereocenters. The Bertz CT molecular complexity index is 624. The molecule has 0 atom stereocenters. The fourth-order valence-electron chi connectivity index (χ4n) is 1.69. The van der Waals surface area contributed by atoms with E-state index in [4.69, 9.17) is 39.9 Å². The molecule has 0 bridgehead atoms. The Morgan fingerprint density at radius 3 is 2.42 bits per heavy atom. The van der Waals surface area contributed by atoms with Gasteiger partial charge in [-0.05, 0) is 18.2 Å². The van der Waals surface area contributed by atoms with Gasteiger partial charge in [0.2, 0.25) is 0 Å². The molecular weight excluding hydrogens is 309 g/mol. The van der Waals surface area contributed by atoms with Crippen LogP contribution in [0.5, 0.6) is 0 Å². The Labute approximate surface area is 124 Å².